The van der Waals surface area contributed by atoms with Crippen LogP contribution in [0.3, 0.4) is 0 Å². The lowest BCUT2D eigenvalue weighted by Crippen LogP contribution is -2.62. The van der Waals surface area contributed by atoms with E-state index in [1.54, 1.807) is 0 Å². The molecule has 1 saturated heterocycles. The van der Waals surface area contributed by atoms with E-state index in [1.165, 1.54) is 23.2 Å². The number of hydrogen-bond donors (Lipinski definition) is 6. The molecule has 238 valence electrons. The van der Waals surface area contributed by atoms with Crippen molar-refractivity contribution in [1.29, 1.82) is 0 Å². The maximum Gasteiger partial charge on any atom is 0.430 e. The van der Waals surface area contributed by atoms with Gasteiger partial charge in [-0.3, -0.25) is 24.1 Å². The van der Waals surface area contributed by atoms with Crippen LogP contribution < -0.4 is 16.9 Å². The fourth-order valence-electron chi connectivity index (χ4n) is 3.94. The Morgan fingerprint density at radius 2 is 1.96 bits per heavy atom. The van der Waals surface area contributed by atoms with Crippen molar-refractivity contribution in [2.75, 3.05) is 31.7 Å². The molecule has 2 aliphatic rings. The van der Waals surface area contributed by atoms with Gasteiger partial charge >= 0.3 is 12.1 Å². The maximum absolute atomic E-state index is 13.3. The summed E-state index contributed by atoms with van der Waals surface area (Å²) in [5.74, 6) is -6.84. The van der Waals surface area contributed by atoms with Crippen molar-refractivity contribution >= 4 is 69.6 Å². The summed E-state index contributed by atoms with van der Waals surface area (Å²) >= 11 is 2.26. The molecule has 1 fully saturated rings. The quantitative estimate of drug-likeness (QED) is 0.0812. The van der Waals surface area contributed by atoms with Crippen molar-refractivity contribution in [3.05, 3.63) is 46.6 Å². The molecule has 3 heterocycles. The number of oxime groups is 1. The smallest absolute Gasteiger partial charge is 0.430 e. The molecule has 2 aliphatic heterocycles. The summed E-state index contributed by atoms with van der Waals surface area (Å²) in [6.07, 6.45) is 0.173. The van der Waals surface area contributed by atoms with Gasteiger partial charge in [0.2, 0.25) is 5.91 Å². The van der Waals surface area contributed by atoms with Gasteiger partial charge in [0.15, 0.2) is 28.9 Å². The number of carboxylic acids is 1. The number of phenolic OH excluding ortho intramolecular Hbond substituents is 2. The van der Waals surface area contributed by atoms with E-state index in [2.05, 4.69) is 15.6 Å². The molecule has 5 amide bonds. The number of phenols is 2. The lowest BCUT2D eigenvalue weighted by atomic mass is 9.97. The minimum absolute atomic E-state index is 0.00766. The number of thioether (sulfide) groups is 1. The number of primary amides is 1. The number of hydrazine groups is 2. The zero-order chi connectivity index (χ0) is 33.0. The molecule has 19 nitrogen and oxygen atoms in total. The summed E-state index contributed by atoms with van der Waals surface area (Å²) in [6.45, 7) is -1.39. The predicted octanol–water partition coefficient (Wildman–Crippen LogP) is -1.00. The zero-order valence-electron chi connectivity index (χ0n) is 23.0. The average molecular weight is 665 g/mol. The number of rotatable bonds is 9. The van der Waals surface area contributed by atoms with E-state index in [-0.39, 0.29) is 22.1 Å². The molecule has 1 unspecified atom stereocenters. The molecule has 0 radical (unpaired) electrons. The lowest BCUT2D eigenvalue weighted by Gasteiger charge is -2.48. The Morgan fingerprint density at radius 3 is 2.58 bits per heavy atom. The molecule has 0 saturated carbocycles. The fraction of sp³-hybridized carbons (Fsp3) is 0.250. The molecule has 0 bridgehead atoms. The first kappa shape index (κ1) is 32.3. The van der Waals surface area contributed by atoms with Crippen molar-refractivity contribution in [2.24, 2.45) is 16.8 Å². The van der Waals surface area contributed by atoms with Crippen LogP contribution in [-0.4, -0.2) is 108 Å². The summed E-state index contributed by atoms with van der Waals surface area (Å²) in [7, 11) is 1.03. The minimum atomic E-state index is -1.28. The number of thiazole rings is 1. The summed E-state index contributed by atoms with van der Waals surface area (Å²) in [6, 6.07) is 2.94. The van der Waals surface area contributed by atoms with Gasteiger partial charge in [0.25, 0.3) is 17.7 Å². The first-order valence-corrected chi connectivity index (χ1v) is 14.4. The van der Waals surface area contributed by atoms with E-state index in [9.17, 15) is 44.1 Å². The number of aromatic nitrogens is 1. The Balaban J connectivity index is 1.45. The first-order chi connectivity index (χ1) is 21.3. The summed E-state index contributed by atoms with van der Waals surface area (Å²) in [5.41, 5.74) is 12.0. The monoisotopic (exact) mass is 664 g/mol. The molecular formula is C24H24N8O11S2. The molecule has 4 rings (SSSR count). The van der Waals surface area contributed by atoms with Crippen LogP contribution in [0.25, 0.3) is 0 Å². The van der Waals surface area contributed by atoms with E-state index in [1.807, 2.05) is 0 Å². The number of hydrogen-bond acceptors (Lipinski definition) is 15. The van der Waals surface area contributed by atoms with E-state index in [4.69, 9.17) is 21.0 Å². The highest BCUT2D eigenvalue weighted by Gasteiger charge is 2.52. The molecule has 2 atom stereocenters. The Labute approximate surface area is 260 Å². The van der Waals surface area contributed by atoms with Crippen molar-refractivity contribution < 1.29 is 53.7 Å². The molecule has 8 N–H and O–H groups in total. The number of nitrogen functional groups attached to an aromatic ring is 1. The SMILES string of the molecule is CN(C(=O)OCC1C(=O)N2C(C(=O)O)=CCS[C@@H]12)N(NC(=O)CON=C(C(N)=O)c1csc(N)n1)C(=O)c1ccc(O)c(O)c1. The number of amides is 5. The van der Waals surface area contributed by atoms with Gasteiger partial charge in [-0.15, -0.1) is 28.2 Å². The number of nitrogens with two attached hydrogens (primary N) is 2. The van der Waals surface area contributed by atoms with Crippen LogP contribution in [0, 0.1) is 5.92 Å². The fourth-order valence-corrected chi connectivity index (χ4v) is 5.73. The average Bonchev–Trinajstić information content (AvgIpc) is 3.43. The third kappa shape index (κ3) is 6.99. The van der Waals surface area contributed by atoms with Crippen molar-refractivity contribution in [3.63, 3.8) is 0 Å². The van der Waals surface area contributed by atoms with Gasteiger partial charge in [-0.05, 0) is 24.3 Å². The lowest BCUT2D eigenvalue weighted by molar-refractivity contribution is -0.154. The van der Waals surface area contributed by atoms with Gasteiger partial charge in [0.1, 0.15) is 23.9 Å². The molecule has 2 aromatic rings. The number of aliphatic carboxylic acids is 1. The molecule has 45 heavy (non-hydrogen) atoms. The van der Waals surface area contributed by atoms with Crippen LogP contribution >= 0.6 is 23.1 Å². The van der Waals surface area contributed by atoms with Crippen LogP contribution in [0.2, 0.25) is 0 Å². The molecule has 1 aromatic heterocycles. The number of aromatic hydroxyl groups is 2. The van der Waals surface area contributed by atoms with Gasteiger partial charge in [-0.2, -0.15) is 5.01 Å². The Morgan fingerprint density at radius 1 is 1.22 bits per heavy atom. The van der Waals surface area contributed by atoms with Crippen LogP contribution in [-0.2, 0) is 28.8 Å². The van der Waals surface area contributed by atoms with Crippen molar-refractivity contribution in [2.45, 2.75) is 5.37 Å². The van der Waals surface area contributed by atoms with E-state index >= 15 is 0 Å². The van der Waals surface area contributed by atoms with Crippen molar-refractivity contribution in [1.82, 2.24) is 25.4 Å². The number of nitrogens with zero attached hydrogens (tertiary/aromatic N) is 5. The number of nitrogens with one attached hydrogen (secondary N) is 1. The molecular weight excluding hydrogens is 640 g/mol. The summed E-state index contributed by atoms with van der Waals surface area (Å²) in [4.78, 5) is 84.5. The van der Waals surface area contributed by atoms with Crippen LogP contribution in [0.15, 0.2) is 40.5 Å². The van der Waals surface area contributed by atoms with Crippen LogP contribution in [0.4, 0.5) is 9.93 Å². The van der Waals surface area contributed by atoms with Crippen LogP contribution in [0.1, 0.15) is 16.1 Å². The normalized spacial score (nSPS) is 17.3. The standard InChI is InChI=1S/C24H24N8O11S2/c1-30(24(41)42-7-11-20(38)31-13(22(39)40)4-5-44-21(11)31)32(19(37)10-2-3-14(33)15(34)6-10)28-16(35)8-43-29-17(18(25)36)12-9-45-23(26)27-12/h2-4,6,9,11,21,33-34H,5,7-8H2,1H3,(H2,25,36)(H2,26,27)(H,28,35)(H,39,40)/t11?,21-/m0/s1. The molecule has 1 aromatic carbocycles. The second-order valence-corrected chi connectivity index (χ2v) is 11.1. The van der Waals surface area contributed by atoms with E-state index in [0.29, 0.717) is 15.9 Å². The predicted molar refractivity (Wildman–Crippen MR) is 154 cm³/mol. The van der Waals surface area contributed by atoms with Crippen LogP contribution in [0.5, 0.6) is 11.5 Å². The minimum Gasteiger partial charge on any atom is -0.504 e. The molecule has 21 heteroatoms. The maximum atomic E-state index is 13.3. The summed E-state index contributed by atoms with van der Waals surface area (Å²) < 4.78 is 5.21. The van der Waals surface area contributed by atoms with Gasteiger partial charge in [0, 0.05) is 23.7 Å². The van der Waals surface area contributed by atoms with Gasteiger partial charge < -0.3 is 36.4 Å². The number of carbonyl (C=O) groups is 6. The number of β-lactam (4-membered cyclic amide) rings is 1. The van der Waals surface area contributed by atoms with Gasteiger partial charge in [0.05, 0.1) is 5.37 Å². The molecule has 0 spiro atoms. The number of carbonyl (C=O) groups excluding carboxylic acids is 5. The summed E-state index contributed by atoms with van der Waals surface area (Å²) in [5, 5.41) is 34.1. The second kappa shape index (κ2) is 13.4. The third-order valence-electron chi connectivity index (χ3n) is 6.12. The van der Waals surface area contributed by atoms with Gasteiger partial charge in [-0.25, -0.2) is 20.0 Å². The van der Waals surface area contributed by atoms with E-state index < -0.39 is 77.4 Å². The van der Waals surface area contributed by atoms with Gasteiger partial charge in [-0.1, -0.05) is 5.16 Å². The highest BCUT2D eigenvalue weighted by molar-refractivity contribution is 8.00. The second-order valence-electron chi connectivity index (χ2n) is 9.04. The highest BCUT2D eigenvalue weighted by Crippen LogP contribution is 2.41. The topological polar surface area (TPSA) is 281 Å². The Bertz CT molecular complexity index is 1630. The molecule has 0 aliphatic carbocycles. The Kier molecular flexibility index (Phi) is 9.62. The van der Waals surface area contributed by atoms with Crippen molar-refractivity contribution in [3.8, 4) is 11.5 Å². The van der Waals surface area contributed by atoms with E-state index in [0.717, 1.165) is 41.5 Å². The number of anilines is 1. The zero-order valence-corrected chi connectivity index (χ0v) is 24.6. The number of ether oxygens (including phenoxy) is 1. The highest BCUT2D eigenvalue weighted by atomic mass is 32.2. The number of benzene rings is 1. The largest absolute Gasteiger partial charge is 0.504 e. The third-order valence-corrected chi connectivity index (χ3v) is 8.03. The first-order valence-electron chi connectivity index (χ1n) is 12.5. The Hall–Kier alpha value is -5.57. The number of carboxylic acid groups (broad SMARTS) is 1. The number of fused-ring (bicyclic) bond motifs is 1.